The molecule has 0 aromatic carbocycles. The predicted molar refractivity (Wildman–Crippen MR) is 57.9 cm³/mol. The molecule has 1 N–H and O–H groups in total. The van der Waals surface area contributed by atoms with Crippen LogP contribution in [0.1, 0.15) is 26.2 Å². The Hall–Kier alpha value is -0.590. The van der Waals surface area contributed by atoms with E-state index in [0.717, 1.165) is 25.7 Å². The Morgan fingerprint density at radius 3 is 2.79 bits per heavy atom. The number of rotatable bonds is 7. The molecule has 0 amide bonds. The van der Waals surface area contributed by atoms with E-state index in [1.54, 1.807) is 0 Å². The summed E-state index contributed by atoms with van der Waals surface area (Å²) in [5.41, 5.74) is 0. The molecule has 1 rings (SSSR count). The summed E-state index contributed by atoms with van der Waals surface area (Å²) in [5, 5.41) is 11.8. The maximum absolute atomic E-state index is 8.57. The van der Waals surface area contributed by atoms with E-state index in [4.69, 9.17) is 5.26 Å². The van der Waals surface area contributed by atoms with Crippen LogP contribution in [-0.4, -0.2) is 37.6 Å². The van der Waals surface area contributed by atoms with Crippen molar-refractivity contribution in [2.45, 2.75) is 32.2 Å². The van der Waals surface area contributed by atoms with Gasteiger partial charge >= 0.3 is 0 Å². The van der Waals surface area contributed by atoms with E-state index in [9.17, 15) is 0 Å². The lowest BCUT2D eigenvalue weighted by Crippen LogP contribution is -2.34. The molecule has 0 bridgehead atoms. The first-order valence-electron chi connectivity index (χ1n) is 5.53. The predicted octanol–water partition coefficient (Wildman–Crippen LogP) is 1.22. The first kappa shape index (κ1) is 11.5. The standard InChI is InChI=1S/C11H21N3/c1-10(8-13-2)9-14(7-3-6-12)11-4-5-11/h10-11,13H,3-5,7-9H2,1-2H3. The minimum absolute atomic E-state index is 0.669. The molecule has 0 radical (unpaired) electrons. The molecule has 3 nitrogen and oxygen atoms in total. The largest absolute Gasteiger partial charge is 0.319 e. The van der Waals surface area contributed by atoms with Gasteiger partial charge in [-0.1, -0.05) is 6.92 Å². The molecule has 3 heteroatoms. The van der Waals surface area contributed by atoms with E-state index in [1.807, 2.05) is 7.05 Å². The smallest absolute Gasteiger partial charge is 0.0635 e. The monoisotopic (exact) mass is 195 g/mol. The van der Waals surface area contributed by atoms with Crippen LogP contribution in [0.15, 0.2) is 0 Å². The van der Waals surface area contributed by atoms with Crippen LogP contribution in [0.5, 0.6) is 0 Å². The van der Waals surface area contributed by atoms with E-state index >= 15 is 0 Å². The molecule has 0 heterocycles. The van der Waals surface area contributed by atoms with Gasteiger partial charge in [0.2, 0.25) is 0 Å². The van der Waals surface area contributed by atoms with Crippen LogP contribution >= 0.6 is 0 Å². The molecule has 1 aliphatic carbocycles. The highest BCUT2D eigenvalue weighted by Crippen LogP contribution is 2.27. The molecule has 1 unspecified atom stereocenters. The summed E-state index contributed by atoms with van der Waals surface area (Å²) in [6, 6.07) is 3.01. The third-order valence-electron chi connectivity index (χ3n) is 2.67. The minimum Gasteiger partial charge on any atom is -0.319 e. The van der Waals surface area contributed by atoms with Gasteiger partial charge in [-0.3, -0.25) is 4.90 Å². The van der Waals surface area contributed by atoms with Crippen molar-refractivity contribution in [1.29, 1.82) is 5.26 Å². The van der Waals surface area contributed by atoms with Gasteiger partial charge in [-0.2, -0.15) is 5.26 Å². The maximum atomic E-state index is 8.57. The van der Waals surface area contributed by atoms with Crippen molar-refractivity contribution in [2.75, 3.05) is 26.7 Å². The Kier molecular flexibility index (Phi) is 4.92. The summed E-state index contributed by atoms with van der Waals surface area (Å²) in [4.78, 5) is 2.48. The molecule has 0 aliphatic heterocycles. The quantitative estimate of drug-likeness (QED) is 0.664. The summed E-state index contributed by atoms with van der Waals surface area (Å²) in [6.07, 6.45) is 3.33. The highest BCUT2D eigenvalue weighted by Gasteiger charge is 2.29. The summed E-state index contributed by atoms with van der Waals surface area (Å²) < 4.78 is 0. The molecule has 0 aromatic rings. The van der Waals surface area contributed by atoms with E-state index in [0.29, 0.717) is 12.3 Å². The van der Waals surface area contributed by atoms with Crippen molar-refractivity contribution < 1.29 is 0 Å². The fraction of sp³-hybridized carbons (Fsp3) is 0.909. The van der Waals surface area contributed by atoms with Crippen LogP contribution in [-0.2, 0) is 0 Å². The number of nitrogens with zero attached hydrogens (tertiary/aromatic N) is 2. The fourth-order valence-corrected chi connectivity index (χ4v) is 1.87. The number of nitriles is 1. The Bertz CT molecular complexity index is 193. The van der Waals surface area contributed by atoms with Crippen molar-refractivity contribution in [3.63, 3.8) is 0 Å². The Balaban J connectivity index is 2.24. The van der Waals surface area contributed by atoms with Crippen molar-refractivity contribution in [1.82, 2.24) is 10.2 Å². The number of hydrogen-bond donors (Lipinski definition) is 1. The van der Waals surface area contributed by atoms with Crippen molar-refractivity contribution >= 4 is 0 Å². The van der Waals surface area contributed by atoms with Gasteiger partial charge in [-0.05, 0) is 32.4 Å². The molecule has 1 saturated carbocycles. The number of hydrogen-bond acceptors (Lipinski definition) is 3. The highest BCUT2D eigenvalue weighted by atomic mass is 15.2. The van der Waals surface area contributed by atoms with Crippen molar-refractivity contribution in [3.8, 4) is 6.07 Å². The summed E-state index contributed by atoms with van der Waals surface area (Å²) in [5.74, 6) is 0.680. The molecule has 1 fully saturated rings. The van der Waals surface area contributed by atoms with Gasteiger partial charge in [0.15, 0.2) is 0 Å². The summed E-state index contributed by atoms with van der Waals surface area (Å²) in [7, 11) is 1.99. The lowest BCUT2D eigenvalue weighted by Gasteiger charge is -2.24. The molecule has 0 saturated heterocycles. The Morgan fingerprint density at radius 1 is 1.57 bits per heavy atom. The zero-order valence-electron chi connectivity index (χ0n) is 9.29. The lowest BCUT2D eigenvalue weighted by molar-refractivity contribution is 0.231. The molecular formula is C11H21N3. The fourth-order valence-electron chi connectivity index (χ4n) is 1.87. The second-order valence-electron chi connectivity index (χ2n) is 4.30. The van der Waals surface area contributed by atoms with Crippen molar-refractivity contribution in [2.24, 2.45) is 5.92 Å². The van der Waals surface area contributed by atoms with E-state index in [2.05, 4.69) is 23.2 Å². The van der Waals surface area contributed by atoms with Gasteiger partial charge in [-0.25, -0.2) is 0 Å². The second kappa shape index (κ2) is 6.00. The van der Waals surface area contributed by atoms with Gasteiger partial charge in [0, 0.05) is 25.6 Å². The van der Waals surface area contributed by atoms with Gasteiger partial charge in [0.25, 0.3) is 0 Å². The summed E-state index contributed by atoms with van der Waals surface area (Å²) in [6.45, 7) is 5.41. The van der Waals surface area contributed by atoms with E-state index in [-0.39, 0.29) is 0 Å². The first-order valence-corrected chi connectivity index (χ1v) is 5.53. The van der Waals surface area contributed by atoms with E-state index < -0.39 is 0 Å². The molecule has 1 aliphatic rings. The average Bonchev–Trinajstić information content (AvgIpc) is 2.95. The third-order valence-corrected chi connectivity index (χ3v) is 2.67. The molecule has 1 atom stereocenters. The molecule has 0 spiro atoms. The normalized spacial score (nSPS) is 18.1. The minimum atomic E-state index is 0.669. The summed E-state index contributed by atoms with van der Waals surface area (Å²) >= 11 is 0. The number of nitrogens with one attached hydrogen (secondary N) is 1. The van der Waals surface area contributed by atoms with Crippen LogP contribution in [0.3, 0.4) is 0 Å². The van der Waals surface area contributed by atoms with Crippen LogP contribution in [0.2, 0.25) is 0 Å². The van der Waals surface area contributed by atoms with E-state index in [1.165, 1.54) is 12.8 Å². The molecule has 0 aromatic heterocycles. The molecular weight excluding hydrogens is 174 g/mol. The molecule has 14 heavy (non-hydrogen) atoms. The Labute approximate surface area is 87.1 Å². The zero-order chi connectivity index (χ0) is 10.4. The van der Waals surface area contributed by atoms with Crippen LogP contribution < -0.4 is 5.32 Å². The maximum Gasteiger partial charge on any atom is 0.0635 e. The average molecular weight is 195 g/mol. The van der Waals surface area contributed by atoms with Crippen LogP contribution in [0.4, 0.5) is 0 Å². The Morgan fingerprint density at radius 2 is 2.29 bits per heavy atom. The van der Waals surface area contributed by atoms with Gasteiger partial charge in [0.05, 0.1) is 6.07 Å². The first-order chi connectivity index (χ1) is 6.77. The second-order valence-corrected chi connectivity index (χ2v) is 4.30. The van der Waals surface area contributed by atoms with Gasteiger partial charge in [0.1, 0.15) is 0 Å². The van der Waals surface area contributed by atoms with Crippen molar-refractivity contribution in [3.05, 3.63) is 0 Å². The molecule has 80 valence electrons. The van der Waals surface area contributed by atoms with Crippen LogP contribution in [0.25, 0.3) is 0 Å². The SMILES string of the molecule is CNCC(C)CN(CCC#N)C1CC1. The zero-order valence-corrected chi connectivity index (χ0v) is 9.29. The van der Waals surface area contributed by atoms with Crippen LogP contribution in [0, 0.1) is 17.2 Å². The lowest BCUT2D eigenvalue weighted by atomic mass is 10.1. The topological polar surface area (TPSA) is 39.1 Å². The highest BCUT2D eigenvalue weighted by molar-refractivity contribution is 4.87. The third kappa shape index (κ3) is 4.08. The van der Waals surface area contributed by atoms with Gasteiger partial charge in [-0.15, -0.1) is 0 Å². The van der Waals surface area contributed by atoms with Gasteiger partial charge < -0.3 is 5.32 Å².